The summed E-state index contributed by atoms with van der Waals surface area (Å²) in [5.74, 6) is 1.87. The van der Waals surface area contributed by atoms with Crippen molar-refractivity contribution in [3.8, 4) is 11.3 Å². The summed E-state index contributed by atoms with van der Waals surface area (Å²) in [7, 11) is 2.68. The number of likely N-dealkylation sites (tertiary alicyclic amines) is 1. The number of nitrogens with one attached hydrogen (secondary N) is 4. The summed E-state index contributed by atoms with van der Waals surface area (Å²) in [4.78, 5) is 61.1. The zero-order valence-corrected chi connectivity index (χ0v) is 31.4. The fourth-order valence-electron chi connectivity index (χ4n) is 8.16. The molecule has 0 spiro atoms. The summed E-state index contributed by atoms with van der Waals surface area (Å²) in [6, 6.07) is 17.8. The van der Waals surface area contributed by atoms with Crippen LogP contribution >= 0.6 is 0 Å². The zero-order valence-electron chi connectivity index (χ0n) is 31.4. The van der Waals surface area contributed by atoms with Gasteiger partial charge in [0.15, 0.2) is 0 Å². The first kappa shape index (κ1) is 36.2. The molecule has 4 heterocycles. The Morgan fingerprint density at radius 2 is 1.67 bits per heavy atom. The number of amides is 3. The fraction of sp³-hybridized carbons (Fsp3) is 0.415. The summed E-state index contributed by atoms with van der Waals surface area (Å²) < 4.78 is 9.60. The van der Waals surface area contributed by atoms with Crippen molar-refractivity contribution in [2.45, 2.75) is 75.9 Å². The first-order valence-electron chi connectivity index (χ1n) is 19.2. The molecule has 3 aromatic carbocycles. The van der Waals surface area contributed by atoms with E-state index in [2.05, 4.69) is 67.8 Å². The van der Waals surface area contributed by atoms with Crippen LogP contribution in [0.15, 0.2) is 54.6 Å². The van der Waals surface area contributed by atoms with Gasteiger partial charge in [-0.3, -0.25) is 4.79 Å². The van der Waals surface area contributed by atoms with Gasteiger partial charge in [-0.15, -0.1) is 0 Å². The number of carbonyl (C=O) groups excluding carboxylic acids is 3. The highest BCUT2D eigenvalue weighted by molar-refractivity contribution is 6.06. The van der Waals surface area contributed by atoms with Crippen LogP contribution in [0.3, 0.4) is 0 Å². The lowest BCUT2D eigenvalue weighted by atomic mass is 9.92. The van der Waals surface area contributed by atoms with Crippen LogP contribution in [0.5, 0.6) is 0 Å². The Balaban J connectivity index is 1.05. The van der Waals surface area contributed by atoms with Crippen molar-refractivity contribution in [1.82, 2.24) is 40.5 Å². The number of hydrogen-bond acceptors (Lipinski definition) is 9. The molecule has 2 aliphatic rings. The average molecular weight is 746 g/mol. The Morgan fingerprint density at radius 1 is 0.891 bits per heavy atom. The Kier molecular flexibility index (Phi) is 9.99. The maximum atomic E-state index is 13.3. The van der Waals surface area contributed by atoms with Gasteiger partial charge in [0.2, 0.25) is 5.91 Å². The third kappa shape index (κ3) is 7.25. The Bertz CT molecular complexity index is 2400. The van der Waals surface area contributed by atoms with Crippen LogP contribution in [0.4, 0.5) is 9.59 Å². The Hall–Kier alpha value is -5.76. The van der Waals surface area contributed by atoms with Crippen LogP contribution in [-0.2, 0) is 14.3 Å². The van der Waals surface area contributed by atoms with E-state index in [9.17, 15) is 14.4 Å². The molecule has 55 heavy (non-hydrogen) atoms. The quantitative estimate of drug-likeness (QED) is 0.0922. The van der Waals surface area contributed by atoms with Gasteiger partial charge in [0, 0.05) is 40.5 Å². The van der Waals surface area contributed by atoms with Crippen LogP contribution in [0.1, 0.15) is 75.5 Å². The summed E-state index contributed by atoms with van der Waals surface area (Å²) >= 11 is 0. The number of aromatic amines is 2. The van der Waals surface area contributed by atoms with Crippen LogP contribution in [0, 0.1) is 5.92 Å². The number of pyridine rings is 1. The van der Waals surface area contributed by atoms with Crippen LogP contribution in [-0.4, -0.2) is 87.3 Å². The fourth-order valence-corrected chi connectivity index (χ4v) is 8.16. The van der Waals surface area contributed by atoms with E-state index in [0.29, 0.717) is 19.0 Å². The van der Waals surface area contributed by atoms with Gasteiger partial charge in [-0.2, -0.15) is 0 Å². The van der Waals surface area contributed by atoms with Crippen LogP contribution in [0.2, 0.25) is 0 Å². The SMILES string of the molecule is COC(=O)N[C@@H](C)C(=O)N1CCC[C@H]1c1nc2c(ccc3cc(-c4ccc5c(ccc6nc(C(CCCN)C[C@@H](NC(=O)OC)C7CC7)nc65)[nH]4)ccc32)[nH]1. The maximum Gasteiger partial charge on any atom is 0.407 e. The minimum atomic E-state index is -0.712. The number of rotatable bonds is 12. The topological polar surface area (TPSA) is 193 Å². The van der Waals surface area contributed by atoms with E-state index >= 15 is 0 Å². The van der Waals surface area contributed by atoms with E-state index in [4.69, 9.17) is 25.4 Å². The van der Waals surface area contributed by atoms with E-state index < -0.39 is 18.2 Å². The maximum absolute atomic E-state index is 13.3. The zero-order chi connectivity index (χ0) is 38.2. The molecule has 1 aliphatic heterocycles. The molecule has 2 fully saturated rings. The second kappa shape index (κ2) is 15.2. The largest absolute Gasteiger partial charge is 0.453 e. The molecule has 6 N–H and O–H groups in total. The number of carbonyl (C=O) groups is 3. The number of fused-ring (bicyclic) bond motifs is 6. The number of alkyl carbamates (subject to hydrolysis) is 2. The summed E-state index contributed by atoms with van der Waals surface area (Å²) in [6.07, 6.45) is 5.21. The van der Waals surface area contributed by atoms with Crippen LogP contribution < -0.4 is 16.4 Å². The van der Waals surface area contributed by atoms with Gasteiger partial charge >= 0.3 is 12.2 Å². The van der Waals surface area contributed by atoms with Crippen LogP contribution in [0.25, 0.3) is 55.0 Å². The monoisotopic (exact) mass is 745 g/mol. The standard InChI is InChI=1S/C41H47N9O5/c1-22(43-40(52)54-2)39(51)50-19-5-7-34(50)38-46-31-14-11-24-20-25(10-12-27(24)35(31)49-38)29-15-13-28-30(44-29)16-17-32-36(28)48-37(45-32)26(6-4-18-42)21-33(23-8-9-23)47-41(53)55-3/h10-17,20,22-23,26,33-34,44H,4-9,18-19,21,42H2,1-3H3,(H,43,52)(H,46,49)(H,47,53)/t22-,26?,33+,34-/m0/s1. The minimum absolute atomic E-state index is 0.0120. The van der Waals surface area contributed by atoms with E-state index in [1.807, 2.05) is 12.1 Å². The van der Waals surface area contributed by atoms with Crippen molar-refractivity contribution in [3.05, 3.63) is 66.2 Å². The molecule has 3 amide bonds. The van der Waals surface area contributed by atoms with Crippen molar-refractivity contribution in [2.75, 3.05) is 27.3 Å². The van der Waals surface area contributed by atoms with Gasteiger partial charge in [0.25, 0.3) is 0 Å². The normalized spacial score (nSPS) is 17.5. The van der Waals surface area contributed by atoms with Gasteiger partial charge in [-0.05, 0) is 112 Å². The van der Waals surface area contributed by atoms with E-state index in [0.717, 1.165) is 112 Å². The number of nitrogens with two attached hydrogens (primary N) is 1. The molecule has 3 aromatic heterocycles. The van der Waals surface area contributed by atoms with Crippen molar-refractivity contribution in [2.24, 2.45) is 11.7 Å². The van der Waals surface area contributed by atoms with E-state index in [1.165, 1.54) is 14.2 Å². The predicted molar refractivity (Wildman–Crippen MR) is 210 cm³/mol. The van der Waals surface area contributed by atoms with E-state index in [1.54, 1.807) is 11.8 Å². The number of hydrogen-bond donors (Lipinski definition) is 5. The number of methoxy groups -OCH3 is 2. The Labute approximate surface area is 317 Å². The lowest BCUT2D eigenvalue weighted by Gasteiger charge is -2.26. The van der Waals surface area contributed by atoms with Crippen molar-refractivity contribution >= 4 is 61.8 Å². The first-order chi connectivity index (χ1) is 26.7. The highest BCUT2D eigenvalue weighted by Gasteiger charge is 2.36. The molecule has 1 saturated heterocycles. The van der Waals surface area contributed by atoms with Gasteiger partial charge < -0.3 is 40.7 Å². The average Bonchev–Trinajstić information content (AvgIpc) is 3.56. The smallest absolute Gasteiger partial charge is 0.407 e. The summed E-state index contributed by atoms with van der Waals surface area (Å²) in [6.45, 7) is 2.84. The lowest BCUT2D eigenvalue weighted by molar-refractivity contribution is -0.134. The molecule has 0 radical (unpaired) electrons. The molecule has 286 valence electrons. The highest BCUT2D eigenvalue weighted by Crippen LogP contribution is 2.39. The number of aromatic nitrogens is 5. The minimum Gasteiger partial charge on any atom is -0.453 e. The number of ether oxygens (including phenoxy) is 2. The number of benzene rings is 3. The number of nitrogens with zero attached hydrogens (tertiary/aromatic N) is 4. The van der Waals surface area contributed by atoms with Crippen molar-refractivity contribution < 1.29 is 23.9 Å². The molecule has 0 bridgehead atoms. The third-order valence-electron chi connectivity index (χ3n) is 11.2. The second-order valence-electron chi connectivity index (χ2n) is 14.9. The number of imidazole rings is 2. The lowest BCUT2D eigenvalue weighted by Crippen LogP contribution is -2.46. The van der Waals surface area contributed by atoms with Crippen molar-refractivity contribution in [3.63, 3.8) is 0 Å². The summed E-state index contributed by atoms with van der Waals surface area (Å²) in [5, 5.41) is 8.68. The molecule has 1 saturated carbocycles. The molecule has 6 aromatic rings. The second-order valence-corrected chi connectivity index (χ2v) is 14.9. The Morgan fingerprint density at radius 3 is 2.45 bits per heavy atom. The highest BCUT2D eigenvalue weighted by atomic mass is 16.5. The van der Waals surface area contributed by atoms with Gasteiger partial charge in [-0.1, -0.05) is 18.2 Å². The molecule has 1 unspecified atom stereocenters. The molecular weight excluding hydrogens is 699 g/mol. The van der Waals surface area contributed by atoms with Gasteiger partial charge in [-0.25, -0.2) is 24.5 Å². The molecule has 8 rings (SSSR count). The predicted octanol–water partition coefficient (Wildman–Crippen LogP) is 6.56. The molecule has 4 atom stereocenters. The molecule has 14 heteroatoms. The molecular formula is C41H47N9O5. The number of H-pyrrole nitrogens is 2. The molecule has 1 aliphatic carbocycles. The van der Waals surface area contributed by atoms with Gasteiger partial charge in [0.05, 0.1) is 36.8 Å². The van der Waals surface area contributed by atoms with E-state index in [-0.39, 0.29) is 23.9 Å². The molecule has 14 nitrogen and oxygen atoms in total. The summed E-state index contributed by atoms with van der Waals surface area (Å²) in [5.41, 5.74) is 12.3. The third-order valence-corrected chi connectivity index (χ3v) is 11.2. The van der Waals surface area contributed by atoms with Gasteiger partial charge in [0.1, 0.15) is 23.2 Å². The van der Waals surface area contributed by atoms with Crippen molar-refractivity contribution in [1.29, 1.82) is 0 Å². The first-order valence-corrected chi connectivity index (χ1v) is 19.2.